The predicted molar refractivity (Wildman–Crippen MR) is 105 cm³/mol. The van der Waals surface area contributed by atoms with Crippen molar-refractivity contribution in [2.24, 2.45) is 0 Å². The molecule has 0 fully saturated rings. The number of carbonyl (C=O) groups is 1. The number of para-hydroxylation sites is 1. The Balaban J connectivity index is 2.13. The third-order valence-corrected chi connectivity index (χ3v) is 4.12. The minimum Gasteiger partial charge on any atom is -0.490 e. The highest BCUT2D eigenvalue weighted by atomic mass is 32.2. The summed E-state index contributed by atoms with van der Waals surface area (Å²) in [5.74, 6) is 0.885. The number of sulfonamides is 1. The predicted octanol–water partition coefficient (Wildman–Crippen LogP) is 2.79. The third kappa shape index (κ3) is 6.18. The minimum absolute atomic E-state index is 0.235. The van der Waals surface area contributed by atoms with Gasteiger partial charge in [0.2, 0.25) is 10.0 Å². The Hall–Kier alpha value is -2.74. The Bertz CT molecular complexity index is 897. The molecular weight excluding hydrogens is 368 g/mol. The van der Waals surface area contributed by atoms with E-state index in [4.69, 9.17) is 9.47 Å². The molecule has 146 valence electrons. The summed E-state index contributed by atoms with van der Waals surface area (Å²) in [5, 5.41) is 2.79. The Kier molecular flexibility index (Phi) is 7.06. The normalized spacial score (nSPS) is 10.9. The fourth-order valence-electron chi connectivity index (χ4n) is 2.45. The van der Waals surface area contributed by atoms with Crippen LogP contribution in [-0.4, -0.2) is 33.8 Å². The van der Waals surface area contributed by atoms with Gasteiger partial charge in [0.25, 0.3) is 5.91 Å². The summed E-state index contributed by atoms with van der Waals surface area (Å²) < 4.78 is 36.4. The lowest BCUT2D eigenvalue weighted by molar-refractivity contribution is 0.0951. The molecule has 2 rings (SSSR count). The van der Waals surface area contributed by atoms with Crippen LogP contribution in [0.25, 0.3) is 0 Å². The van der Waals surface area contributed by atoms with Crippen LogP contribution in [0.15, 0.2) is 42.5 Å². The SMILES string of the molecule is CCOc1ccc(CNC(=O)c2ccccc2NS(C)(=O)=O)cc1OCC. The topological polar surface area (TPSA) is 93.7 Å². The molecule has 0 spiro atoms. The second-order valence-electron chi connectivity index (χ2n) is 5.75. The quantitative estimate of drug-likeness (QED) is 0.684. The zero-order valence-corrected chi connectivity index (χ0v) is 16.4. The molecule has 7 nitrogen and oxygen atoms in total. The first-order chi connectivity index (χ1) is 12.8. The monoisotopic (exact) mass is 392 g/mol. The van der Waals surface area contributed by atoms with Gasteiger partial charge < -0.3 is 14.8 Å². The Morgan fingerprint density at radius 3 is 2.33 bits per heavy atom. The highest BCUT2D eigenvalue weighted by molar-refractivity contribution is 7.92. The molecule has 0 radical (unpaired) electrons. The van der Waals surface area contributed by atoms with E-state index in [0.29, 0.717) is 24.7 Å². The Morgan fingerprint density at radius 2 is 1.67 bits per heavy atom. The smallest absolute Gasteiger partial charge is 0.253 e. The van der Waals surface area contributed by atoms with Gasteiger partial charge in [0.1, 0.15) is 0 Å². The van der Waals surface area contributed by atoms with Crippen LogP contribution in [0.2, 0.25) is 0 Å². The fourth-order valence-corrected chi connectivity index (χ4v) is 3.03. The second kappa shape index (κ2) is 9.27. The van der Waals surface area contributed by atoms with E-state index in [0.717, 1.165) is 11.8 Å². The molecule has 0 aliphatic carbocycles. The summed E-state index contributed by atoms with van der Waals surface area (Å²) in [4.78, 5) is 12.5. The van der Waals surface area contributed by atoms with Gasteiger partial charge >= 0.3 is 0 Å². The number of hydrogen-bond acceptors (Lipinski definition) is 5. The van der Waals surface area contributed by atoms with Gasteiger partial charge in [-0.1, -0.05) is 18.2 Å². The molecule has 0 heterocycles. The lowest BCUT2D eigenvalue weighted by Crippen LogP contribution is -2.24. The lowest BCUT2D eigenvalue weighted by Gasteiger charge is -2.14. The van der Waals surface area contributed by atoms with E-state index >= 15 is 0 Å². The zero-order valence-electron chi connectivity index (χ0n) is 15.6. The van der Waals surface area contributed by atoms with Crippen LogP contribution in [0.1, 0.15) is 29.8 Å². The summed E-state index contributed by atoms with van der Waals surface area (Å²) in [6.45, 7) is 5.07. The molecule has 2 aromatic carbocycles. The van der Waals surface area contributed by atoms with Crippen LogP contribution in [0, 0.1) is 0 Å². The van der Waals surface area contributed by atoms with E-state index < -0.39 is 10.0 Å². The van der Waals surface area contributed by atoms with E-state index in [1.165, 1.54) is 0 Å². The lowest BCUT2D eigenvalue weighted by atomic mass is 10.1. The summed E-state index contributed by atoms with van der Waals surface area (Å²) in [6, 6.07) is 11.9. The third-order valence-electron chi connectivity index (χ3n) is 3.53. The molecule has 0 aliphatic heterocycles. The first-order valence-corrected chi connectivity index (χ1v) is 10.5. The molecule has 2 aromatic rings. The van der Waals surface area contributed by atoms with Crippen LogP contribution in [-0.2, 0) is 16.6 Å². The molecular formula is C19H24N2O5S. The summed E-state index contributed by atoms with van der Waals surface area (Å²) in [7, 11) is -3.48. The number of rotatable bonds is 9. The number of hydrogen-bond donors (Lipinski definition) is 2. The van der Waals surface area contributed by atoms with Gasteiger partial charge in [-0.15, -0.1) is 0 Å². The van der Waals surface area contributed by atoms with Crippen LogP contribution in [0.5, 0.6) is 11.5 Å². The number of benzene rings is 2. The molecule has 27 heavy (non-hydrogen) atoms. The average molecular weight is 392 g/mol. The number of ether oxygens (including phenoxy) is 2. The number of amides is 1. The molecule has 2 N–H and O–H groups in total. The van der Waals surface area contributed by atoms with E-state index in [9.17, 15) is 13.2 Å². The molecule has 0 atom stereocenters. The van der Waals surface area contributed by atoms with Crippen LogP contribution in [0.3, 0.4) is 0 Å². The summed E-state index contributed by atoms with van der Waals surface area (Å²) in [5.41, 5.74) is 1.32. The van der Waals surface area contributed by atoms with Crippen LogP contribution < -0.4 is 19.5 Å². The van der Waals surface area contributed by atoms with Gasteiger partial charge in [-0.2, -0.15) is 0 Å². The second-order valence-corrected chi connectivity index (χ2v) is 7.50. The zero-order chi connectivity index (χ0) is 19.9. The van der Waals surface area contributed by atoms with Crippen molar-refractivity contribution in [1.29, 1.82) is 0 Å². The molecule has 0 aromatic heterocycles. The maximum absolute atomic E-state index is 12.5. The van der Waals surface area contributed by atoms with Gasteiger partial charge in [0.05, 0.1) is 30.7 Å². The highest BCUT2D eigenvalue weighted by Gasteiger charge is 2.14. The average Bonchev–Trinajstić information content (AvgIpc) is 2.61. The van der Waals surface area contributed by atoms with Crippen molar-refractivity contribution in [2.45, 2.75) is 20.4 Å². The van der Waals surface area contributed by atoms with E-state index in [1.54, 1.807) is 30.3 Å². The molecule has 0 unspecified atom stereocenters. The van der Waals surface area contributed by atoms with Crippen molar-refractivity contribution in [3.8, 4) is 11.5 Å². The van der Waals surface area contributed by atoms with E-state index in [1.807, 2.05) is 26.0 Å². The van der Waals surface area contributed by atoms with E-state index in [2.05, 4.69) is 10.0 Å². The minimum atomic E-state index is -3.48. The van der Waals surface area contributed by atoms with Crippen molar-refractivity contribution in [2.75, 3.05) is 24.2 Å². The number of anilines is 1. The van der Waals surface area contributed by atoms with Gasteiger partial charge in [-0.25, -0.2) is 8.42 Å². The standard InChI is InChI=1S/C19H24N2O5S/c1-4-25-17-11-10-14(12-18(17)26-5-2)13-20-19(22)15-8-6-7-9-16(15)21-27(3,23)24/h6-12,21H,4-5,13H2,1-3H3,(H,20,22). The summed E-state index contributed by atoms with van der Waals surface area (Å²) in [6.07, 6.45) is 1.04. The first-order valence-electron chi connectivity index (χ1n) is 8.57. The van der Waals surface area contributed by atoms with Gasteiger partial charge in [-0.05, 0) is 43.7 Å². The van der Waals surface area contributed by atoms with Gasteiger partial charge in [0, 0.05) is 6.54 Å². The van der Waals surface area contributed by atoms with Gasteiger partial charge in [0.15, 0.2) is 11.5 Å². The molecule has 0 saturated carbocycles. The van der Waals surface area contributed by atoms with Crippen LogP contribution >= 0.6 is 0 Å². The molecule has 8 heteroatoms. The number of nitrogens with one attached hydrogen (secondary N) is 2. The molecule has 0 bridgehead atoms. The van der Waals surface area contributed by atoms with Crippen molar-refractivity contribution < 1.29 is 22.7 Å². The number of carbonyl (C=O) groups excluding carboxylic acids is 1. The molecule has 0 aliphatic rings. The van der Waals surface area contributed by atoms with Crippen molar-refractivity contribution in [3.05, 3.63) is 53.6 Å². The Morgan fingerprint density at radius 1 is 1.00 bits per heavy atom. The largest absolute Gasteiger partial charge is 0.490 e. The van der Waals surface area contributed by atoms with Crippen molar-refractivity contribution in [1.82, 2.24) is 5.32 Å². The Labute approximate surface area is 159 Å². The van der Waals surface area contributed by atoms with Gasteiger partial charge in [-0.3, -0.25) is 9.52 Å². The first kappa shape index (κ1) is 20.6. The van der Waals surface area contributed by atoms with Crippen molar-refractivity contribution in [3.63, 3.8) is 0 Å². The summed E-state index contributed by atoms with van der Waals surface area (Å²) >= 11 is 0. The maximum Gasteiger partial charge on any atom is 0.253 e. The maximum atomic E-state index is 12.5. The highest BCUT2D eigenvalue weighted by Crippen LogP contribution is 2.28. The van der Waals surface area contributed by atoms with E-state index in [-0.39, 0.29) is 23.7 Å². The molecule has 0 saturated heterocycles. The van der Waals surface area contributed by atoms with Crippen molar-refractivity contribution >= 4 is 21.6 Å². The molecule has 1 amide bonds. The van der Waals surface area contributed by atoms with Crippen LogP contribution in [0.4, 0.5) is 5.69 Å². The fraction of sp³-hybridized carbons (Fsp3) is 0.316.